The lowest BCUT2D eigenvalue weighted by Gasteiger charge is -2.53. The molecule has 18 heavy (non-hydrogen) atoms. The van der Waals surface area contributed by atoms with Gasteiger partial charge in [-0.3, -0.25) is 9.69 Å². The second kappa shape index (κ2) is 5.55. The first-order valence-corrected chi connectivity index (χ1v) is 6.91. The van der Waals surface area contributed by atoms with Gasteiger partial charge in [-0.05, 0) is 26.2 Å². The quantitative estimate of drug-likeness (QED) is 0.683. The summed E-state index contributed by atoms with van der Waals surface area (Å²) in [5.41, 5.74) is 5.01. The van der Waals surface area contributed by atoms with Crippen LogP contribution in [0.2, 0.25) is 0 Å². The van der Waals surface area contributed by atoms with Gasteiger partial charge in [-0.2, -0.15) is 0 Å². The Kier molecular flexibility index (Phi) is 4.25. The van der Waals surface area contributed by atoms with Gasteiger partial charge in [0.1, 0.15) is 0 Å². The normalized spacial score (nSPS) is 35.7. The van der Waals surface area contributed by atoms with Gasteiger partial charge in [0, 0.05) is 31.6 Å². The van der Waals surface area contributed by atoms with Gasteiger partial charge in [0.05, 0.1) is 18.6 Å². The maximum atomic E-state index is 11.4. The highest BCUT2D eigenvalue weighted by atomic mass is 16.5. The summed E-state index contributed by atoms with van der Waals surface area (Å²) in [6.07, 6.45) is 3.35. The number of rotatable bonds is 5. The molecule has 104 valence electrons. The number of hydrogen-bond acceptors (Lipinski definition) is 5. The molecule has 3 atom stereocenters. The third-order valence-electron chi connectivity index (χ3n) is 4.43. The zero-order valence-corrected chi connectivity index (χ0v) is 11.1. The molecule has 2 aliphatic heterocycles. The third kappa shape index (κ3) is 2.68. The Morgan fingerprint density at radius 2 is 2.33 bits per heavy atom. The van der Waals surface area contributed by atoms with E-state index in [0.717, 1.165) is 32.4 Å². The van der Waals surface area contributed by atoms with E-state index in [0.29, 0.717) is 25.6 Å². The molecule has 2 bridgehead atoms. The van der Waals surface area contributed by atoms with E-state index in [4.69, 9.17) is 10.5 Å². The maximum absolute atomic E-state index is 11.4. The average Bonchev–Trinajstić information content (AvgIpc) is 2.38. The molecule has 2 heterocycles. The molecule has 0 radical (unpaired) electrons. The number of ether oxygens (including phenoxy) is 1. The monoisotopic (exact) mass is 256 g/mol. The number of nitrogens with two attached hydrogens (primary N) is 1. The second-order valence-corrected chi connectivity index (χ2v) is 5.49. The highest BCUT2D eigenvalue weighted by Crippen LogP contribution is 2.41. The molecule has 3 fully saturated rings. The van der Waals surface area contributed by atoms with E-state index >= 15 is 0 Å². The van der Waals surface area contributed by atoms with E-state index in [-0.39, 0.29) is 11.9 Å². The Hall–Kier alpha value is -0.650. The summed E-state index contributed by atoms with van der Waals surface area (Å²) in [6, 6.07) is 0.373. The first-order chi connectivity index (χ1) is 8.59. The van der Waals surface area contributed by atoms with Crippen LogP contribution in [-0.4, -0.2) is 53.9 Å². The molecule has 0 aromatic rings. The van der Waals surface area contributed by atoms with Crippen molar-refractivity contribution < 1.29 is 14.6 Å². The number of esters is 1. The highest BCUT2D eigenvalue weighted by molar-refractivity contribution is 5.69. The van der Waals surface area contributed by atoms with E-state index in [9.17, 15) is 9.90 Å². The molecule has 0 spiro atoms. The van der Waals surface area contributed by atoms with Crippen molar-refractivity contribution in [3.63, 3.8) is 0 Å². The van der Waals surface area contributed by atoms with E-state index in [1.54, 1.807) is 0 Å². The summed E-state index contributed by atoms with van der Waals surface area (Å²) < 4.78 is 4.94. The Morgan fingerprint density at radius 1 is 1.56 bits per heavy atom. The zero-order valence-electron chi connectivity index (χ0n) is 11.1. The standard InChI is InChI=1S/C13H24N2O3/c1-2-18-12(16)5-6-15-8-10-3-4-11(15)7-13(10,17)9-14/h10-11,17H,2-9,14H2,1H3. The number of nitrogens with zero attached hydrogens (tertiary/aromatic N) is 1. The molecule has 5 heteroatoms. The van der Waals surface area contributed by atoms with Crippen molar-refractivity contribution in [3.05, 3.63) is 0 Å². The van der Waals surface area contributed by atoms with Gasteiger partial charge in [-0.1, -0.05) is 0 Å². The fourth-order valence-corrected chi connectivity index (χ4v) is 3.34. The number of fused-ring (bicyclic) bond motifs is 3. The van der Waals surface area contributed by atoms with Gasteiger partial charge >= 0.3 is 5.97 Å². The fourth-order valence-electron chi connectivity index (χ4n) is 3.34. The van der Waals surface area contributed by atoms with E-state index < -0.39 is 5.60 Å². The van der Waals surface area contributed by atoms with Crippen molar-refractivity contribution in [1.29, 1.82) is 0 Å². The summed E-state index contributed by atoms with van der Waals surface area (Å²) in [7, 11) is 0. The smallest absolute Gasteiger partial charge is 0.307 e. The largest absolute Gasteiger partial charge is 0.466 e. The first kappa shape index (κ1) is 13.8. The van der Waals surface area contributed by atoms with E-state index in [1.165, 1.54) is 0 Å². The van der Waals surface area contributed by atoms with Crippen LogP contribution in [0.25, 0.3) is 0 Å². The number of carbonyl (C=O) groups is 1. The molecule has 0 amide bonds. The molecule has 0 aromatic heterocycles. The summed E-state index contributed by atoms with van der Waals surface area (Å²) in [5.74, 6) is 0.128. The third-order valence-corrected chi connectivity index (χ3v) is 4.43. The van der Waals surface area contributed by atoms with Crippen LogP contribution < -0.4 is 5.73 Å². The number of aliphatic hydroxyl groups is 1. The lowest BCUT2D eigenvalue weighted by molar-refractivity contribution is -0.146. The topological polar surface area (TPSA) is 75.8 Å². The van der Waals surface area contributed by atoms with Crippen molar-refractivity contribution in [3.8, 4) is 0 Å². The number of piperidine rings is 2. The molecule has 3 rings (SSSR count). The molecule has 3 N–H and O–H groups in total. The van der Waals surface area contributed by atoms with Crippen LogP contribution >= 0.6 is 0 Å². The molecule has 3 aliphatic rings. The van der Waals surface area contributed by atoms with Gasteiger partial charge in [0.2, 0.25) is 0 Å². The zero-order chi connectivity index (χ0) is 13.2. The fraction of sp³-hybridized carbons (Fsp3) is 0.923. The molecule has 0 aromatic carbocycles. The lowest BCUT2D eigenvalue weighted by Crippen LogP contribution is -2.63. The SMILES string of the molecule is CCOC(=O)CCN1CC2CCC1CC2(O)CN. The van der Waals surface area contributed by atoms with Crippen molar-refractivity contribution in [2.75, 3.05) is 26.2 Å². The van der Waals surface area contributed by atoms with Crippen LogP contribution in [0.1, 0.15) is 32.6 Å². The highest BCUT2D eigenvalue weighted by Gasteiger charge is 2.48. The average molecular weight is 256 g/mol. The van der Waals surface area contributed by atoms with Gasteiger partial charge in [-0.25, -0.2) is 0 Å². The van der Waals surface area contributed by atoms with E-state index in [1.807, 2.05) is 6.92 Å². The minimum Gasteiger partial charge on any atom is -0.466 e. The number of hydrogen-bond donors (Lipinski definition) is 2. The molecule has 2 saturated heterocycles. The van der Waals surface area contributed by atoms with Crippen LogP contribution in [0.4, 0.5) is 0 Å². The molecular weight excluding hydrogens is 232 g/mol. The van der Waals surface area contributed by atoms with Crippen molar-refractivity contribution in [2.24, 2.45) is 11.7 Å². The van der Waals surface area contributed by atoms with Gasteiger partial charge in [-0.15, -0.1) is 0 Å². The predicted octanol–water partition coefficient (Wildman–Crippen LogP) is 0.114. The van der Waals surface area contributed by atoms with Crippen LogP contribution in [0, 0.1) is 5.92 Å². The minimum absolute atomic E-state index is 0.131. The Labute approximate surface area is 108 Å². The minimum atomic E-state index is -0.677. The molecule has 5 nitrogen and oxygen atoms in total. The van der Waals surface area contributed by atoms with Crippen molar-refractivity contribution in [2.45, 2.75) is 44.2 Å². The summed E-state index contributed by atoms with van der Waals surface area (Å²) in [4.78, 5) is 13.7. The molecular formula is C13H24N2O3. The van der Waals surface area contributed by atoms with Crippen LogP contribution in [-0.2, 0) is 9.53 Å². The Balaban J connectivity index is 1.85. The van der Waals surface area contributed by atoms with Gasteiger partial charge < -0.3 is 15.6 Å². The molecule has 3 unspecified atom stereocenters. The Bertz CT molecular complexity index is 311. The summed E-state index contributed by atoms with van der Waals surface area (Å²) in [5, 5.41) is 10.4. The maximum Gasteiger partial charge on any atom is 0.307 e. The first-order valence-electron chi connectivity index (χ1n) is 6.91. The molecule has 1 saturated carbocycles. The Morgan fingerprint density at radius 3 is 2.89 bits per heavy atom. The van der Waals surface area contributed by atoms with Gasteiger partial charge in [0.15, 0.2) is 0 Å². The van der Waals surface area contributed by atoms with Crippen molar-refractivity contribution >= 4 is 5.97 Å². The van der Waals surface area contributed by atoms with Crippen LogP contribution in [0.3, 0.4) is 0 Å². The summed E-state index contributed by atoms with van der Waals surface area (Å²) in [6.45, 7) is 4.21. The molecule has 1 aliphatic carbocycles. The summed E-state index contributed by atoms with van der Waals surface area (Å²) >= 11 is 0. The lowest BCUT2D eigenvalue weighted by atomic mass is 9.68. The van der Waals surface area contributed by atoms with E-state index in [2.05, 4.69) is 4.90 Å². The predicted molar refractivity (Wildman–Crippen MR) is 68.0 cm³/mol. The van der Waals surface area contributed by atoms with Crippen molar-refractivity contribution in [1.82, 2.24) is 4.90 Å². The second-order valence-electron chi connectivity index (χ2n) is 5.49. The number of carbonyl (C=O) groups excluding carboxylic acids is 1. The van der Waals surface area contributed by atoms with Crippen LogP contribution in [0.5, 0.6) is 0 Å². The van der Waals surface area contributed by atoms with Crippen LogP contribution in [0.15, 0.2) is 0 Å². The van der Waals surface area contributed by atoms with Gasteiger partial charge in [0.25, 0.3) is 0 Å².